The van der Waals surface area contributed by atoms with Gasteiger partial charge in [0.2, 0.25) is 0 Å². The van der Waals surface area contributed by atoms with Gasteiger partial charge in [0, 0.05) is 18.3 Å². The van der Waals surface area contributed by atoms with Crippen molar-refractivity contribution in [2.24, 2.45) is 0 Å². The molecule has 0 fully saturated rings. The number of nitrogens with zero attached hydrogens (tertiary/aromatic N) is 1. The van der Waals surface area contributed by atoms with E-state index in [1.807, 2.05) is 0 Å². The van der Waals surface area contributed by atoms with E-state index in [0.717, 1.165) is 10.5 Å². The van der Waals surface area contributed by atoms with Crippen LogP contribution in [0, 0.1) is 6.92 Å². The smallest absolute Gasteiger partial charge is 0.365 e. The third kappa shape index (κ3) is 3.25. The third-order valence-corrected chi connectivity index (χ3v) is 2.14. The van der Waals surface area contributed by atoms with Crippen molar-refractivity contribution in [2.45, 2.75) is 13.1 Å². The topological polar surface area (TPSA) is 20.3 Å². The van der Waals surface area contributed by atoms with Crippen molar-refractivity contribution < 1.29 is 18.0 Å². The average Bonchev–Trinajstić information content (AvgIpc) is 2.14. The van der Waals surface area contributed by atoms with Gasteiger partial charge in [-0.3, -0.25) is 4.79 Å². The SMILES string of the molecule is Cc1ccc(N(C)CC(F)(F)F)c(C=O)c1. The predicted octanol–water partition coefficient (Wildman–Crippen LogP) is 2.81. The Morgan fingerprint density at radius 1 is 1.38 bits per heavy atom. The van der Waals surface area contributed by atoms with Crippen LogP contribution in [-0.2, 0) is 0 Å². The van der Waals surface area contributed by atoms with Gasteiger partial charge < -0.3 is 4.90 Å². The lowest BCUT2D eigenvalue weighted by Gasteiger charge is -2.22. The summed E-state index contributed by atoms with van der Waals surface area (Å²) in [6, 6.07) is 4.76. The Kier molecular flexibility index (Phi) is 3.57. The number of hydrogen-bond acceptors (Lipinski definition) is 2. The molecule has 0 aliphatic rings. The van der Waals surface area contributed by atoms with E-state index >= 15 is 0 Å². The summed E-state index contributed by atoms with van der Waals surface area (Å²) in [7, 11) is 1.31. The van der Waals surface area contributed by atoms with Gasteiger partial charge in [0.25, 0.3) is 0 Å². The van der Waals surface area contributed by atoms with Gasteiger partial charge in [0.15, 0.2) is 6.29 Å². The maximum atomic E-state index is 12.2. The standard InChI is InChI=1S/C11H12F3NO/c1-8-3-4-10(9(5-8)6-16)15(2)7-11(12,13)14/h3-6H,7H2,1-2H3. The van der Waals surface area contributed by atoms with Crippen LogP contribution in [0.5, 0.6) is 0 Å². The van der Waals surface area contributed by atoms with E-state index in [4.69, 9.17) is 0 Å². The number of carbonyl (C=O) groups is 1. The Balaban J connectivity index is 2.99. The van der Waals surface area contributed by atoms with Crippen LogP contribution in [0.2, 0.25) is 0 Å². The molecule has 0 saturated carbocycles. The lowest BCUT2D eigenvalue weighted by Crippen LogP contribution is -2.31. The van der Waals surface area contributed by atoms with Crippen molar-refractivity contribution in [3.8, 4) is 0 Å². The van der Waals surface area contributed by atoms with Gasteiger partial charge >= 0.3 is 6.18 Å². The van der Waals surface area contributed by atoms with Crippen molar-refractivity contribution in [1.82, 2.24) is 0 Å². The Morgan fingerprint density at radius 2 is 2.00 bits per heavy atom. The number of carbonyl (C=O) groups excluding carboxylic acids is 1. The number of hydrogen-bond donors (Lipinski definition) is 0. The highest BCUT2D eigenvalue weighted by Crippen LogP contribution is 2.23. The van der Waals surface area contributed by atoms with E-state index < -0.39 is 12.7 Å². The zero-order valence-corrected chi connectivity index (χ0v) is 9.01. The van der Waals surface area contributed by atoms with Gasteiger partial charge in [-0.2, -0.15) is 13.2 Å². The van der Waals surface area contributed by atoms with Crippen LogP contribution in [0.25, 0.3) is 0 Å². The molecule has 88 valence electrons. The molecule has 0 bridgehead atoms. The summed E-state index contributed by atoms with van der Waals surface area (Å²) in [5.74, 6) is 0. The maximum Gasteiger partial charge on any atom is 0.405 e. The first kappa shape index (κ1) is 12.5. The summed E-state index contributed by atoms with van der Waals surface area (Å²) in [4.78, 5) is 11.8. The summed E-state index contributed by atoms with van der Waals surface area (Å²) >= 11 is 0. The number of alkyl halides is 3. The fraction of sp³-hybridized carbons (Fsp3) is 0.364. The highest BCUT2D eigenvalue weighted by molar-refractivity contribution is 5.84. The molecule has 0 radical (unpaired) electrons. The van der Waals surface area contributed by atoms with Gasteiger partial charge in [-0.15, -0.1) is 0 Å². The van der Waals surface area contributed by atoms with Crippen LogP contribution in [0.3, 0.4) is 0 Å². The van der Waals surface area contributed by atoms with E-state index in [2.05, 4.69) is 0 Å². The molecule has 0 amide bonds. The minimum Gasteiger partial charge on any atom is -0.365 e. The van der Waals surface area contributed by atoms with Crippen molar-refractivity contribution >= 4 is 12.0 Å². The van der Waals surface area contributed by atoms with Crippen LogP contribution in [0.1, 0.15) is 15.9 Å². The van der Waals surface area contributed by atoms with Crippen LogP contribution in [0.15, 0.2) is 18.2 Å². The quantitative estimate of drug-likeness (QED) is 0.745. The molecule has 1 aromatic rings. The number of anilines is 1. The van der Waals surface area contributed by atoms with Gasteiger partial charge in [0.05, 0.1) is 0 Å². The fourth-order valence-corrected chi connectivity index (χ4v) is 1.47. The average molecular weight is 231 g/mol. The van der Waals surface area contributed by atoms with E-state index in [9.17, 15) is 18.0 Å². The van der Waals surface area contributed by atoms with Crippen LogP contribution in [-0.4, -0.2) is 26.1 Å². The third-order valence-electron chi connectivity index (χ3n) is 2.14. The molecule has 0 aromatic heterocycles. The van der Waals surface area contributed by atoms with E-state index in [1.165, 1.54) is 13.1 Å². The van der Waals surface area contributed by atoms with Gasteiger partial charge in [0.1, 0.15) is 6.54 Å². The first-order valence-corrected chi connectivity index (χ1v) is 4.67. The molecule has 0 saturated heterocycles. The second kappa shape index (κ2) is 4.55. The molecule has 0 unspecified atom stereocenters. The second-order valence-electron chi connectivity index (χ2n) is 3.65. The minimum absolute atomic E-state index is 0.270. The lowest BCUT2D eigenvalue weighted by molar-refractivity contribution is -0.119. The van der Waals surface area contributed by atoms with Crippen LogP contribution >= 0.6 is 0 Å². The number of halogens is 3. The zero-order chi connectivity index (χ0) is 12.3. The lowest BCUT2D eigenvalue weighted by atomic mass is 10.1. The molecule has 2 nitrogen and oxygen atoms in total. The molecule has 0 spiro atoms. The normalized spacial score (nSPS) is 11.3. The molecule has 0 heterocycles. The van der Waals surface area contributed by atoms with Crippen molar-refractivity contribution in [3.05, 3.63) is 29.3 Å². The van der Waals surface area contributed by atoms with Crippen LogP contribution < -0.4 is 4.90 Å². The van der Waals surface area contributed by atoms with Crippen molar-refractivity contribution in [3.63, 3.8) is 0 Å². The largest absolute Gasteiger partial charge is 0.405 e. The number of aldehydes is 1. The molecule has 0 N–H and O–H groups in total. The predicted molar refractivity (Wildman–Crippen MR) is 55.9 cm³/mol. The Labute approximate surface area is 91.7 Å². The summed E-state index contributed by atoms with van der Waals surface area (Å²) < 4.78 is 36.5. The Hall–Kier alpha value is -1.52. The minimum atomic E-state index is -4.28. The van der Waals surface area contributed by atoms with E-state index in [-0.39, 0.29) is 11.3 Å². The first-order chi connectivity index (χ1) is 7.33. The van der Waals surface area contributed by atoms with Gasteiger partial charge in [-0.1, -0.05) is 11.6 Å². The fourth-order valence-electron chi connectivity index (χ4n) is 1.47. The maximum absolute atomic E-state index is 12.2. The van der Waals surface area contributed by atoms with Crippen molar-refractivity contribution in [1.29, 1.82) is 0 Å². The molecule has 5 heteroatoms. The van der Waals surface area contributed by atoms with E-state index in [0.29, 0.717) is 6.29 Å². The Bertz CT molecular complexity index is 387. The monoisotopic (exact) mass is 231 g/mol. The molecule has 1 rings (SSSR count). The Morgan fingerprint density at radius 3 is 2.50 bits per heavy atom. The molecular formula is C11H12F3NO. The highest BCUT2D eigenvalue weighted by atomic mass is 19.4. The van der Waals surface area contributed by atoms with Gasteiger partial charge in [-0.25, -0.2) is 0 Å². The molecule has 1 aromatic carbocycles. The van der Waals surface area contributed by atoms with E-state index in [1.54, 1.807) is 19.1 Å². The second-order valence-corrected chi connectivity index (χ2v) is 3.65. The summed E-state index contributed by atoms with van der Waals surface area (Å²) in [6.07, 6.45) is -3.71. The summed E-state index contributed by atoms with van der Waals surface area (Å²) in [6.45, 7) is 0.706. The molecule has 16 heavy (non-hydrogen) atoms. The highest BCUT2D eigenvalue weighted by Gasteiger charge is 2.29. The zero-order valence-electron chi connectivity index (χ0n) is 9.01. The summed E-state index contributed by atoms with van der Waals surface area (Å²) in [5, 5.41) is 0. The number of rotatable bonds is 3. The van der Waals surface area contributed by atoms with Crippen LogP contribution in [0.4, 0.5) is 18.9 Å². The number of aryl methyl sites for hydroxylation is 1. The summed E-state index contributed by atoms with van der Waals surface area (Å²) in [5.41, 5.74) is 1.40. The molecule has 0 atom stereocenters. The molecule has 0 aliphatic heterocycles. The molecule has 0 aliphatic carbocycles. The van der Waals surface area contributed by atoms with Gasteiger partial charge in [-0.05, 0) is 19.1 Å². The number of benzene rings is 1. The molecular weight excluding hydrogens is 219 g/mol. The first-order valence-electron chi connectivity index (χ1n) is 4.67. The van der Waals surface area contributed by atoms with Crippen molar-refractivity contribution in [2.75, 3.05) is 18.5 Å².